The number of ether oxygens (including phenoxy) is 2. The zero-order chi connectivity index (χ0) is 107. The molecule has 0 radical (unpaired) electrons. The number of carboxylic acid groups (broad SMARTS) is 2. The minimum absolute atomic E-state index is 0.0390. The standard InChI is InChI=1S/C56H83N7O11S.C53H76N6O10S/c1-9-36(4)42(32-48(66)45-18-13-16-27-61(45)7)55(71)62(8)46(35(2)3)33-49(74-38(6)64)54-60-44(34-75-54)53(70)58-41(29-37(5)56(72)73)30-39-20-22-40(23-21-39)31-47(65)43(17-12-14-26-57)59-50(67)19-11-10-15-28-63-51(68)24-25-52(63)69;1-10-34(4)42(29-46(62)44-16-13-15-24-57(44)8)52(66)58(9)45(33(2)3)30-47(69-37(7)60)51-56-43(32-70-51)50(65)55-40(26-35(5)53(67)68)27-38-19-21-39(22-20-38)28-41(61)31-54-48(63)17-12-11-14-25-59-36(6)18-23-49(59)64/h20-25,34-37,41-43,45-46,49H,9-19,26-33,57H2,1-8H3,(H,58,70)(H,59,67)(H,72,73);18-23,32-35,40,42,44-45,47H,6,10-17,24-31H2,1-5,7-9H3,(H,54,63)(H,55,65)(H,67,68)/t36-,37?,41+,42-,43-,45+,46+,49+;34-,35?,40+,42-,44+,45+,47+/m00/s1. The fourth-order valence-electron chi connectivity index (χ4n) is 19.2. The number of hydrogen-bond donors (Lipinski definition) is 7. The molecule has 145 heavy (non-hydrogen) atoms. The lowest BCUT2D eigenvalue weighted by Gasteiger charge is -2.37. The van der Waals surface area contributed by atoms with Gasteiger partial charge in [0.2, 0.25) is 23.6 Å². The number of hydrogen-bond acceptors (Lipinski definition) is 26. The molecule has 0 saturated carbocycles. The van der Waals surface area contributed by atoms with Crippen LogP contribution in [0.1, 0.15) is 309 Å². The molecular weight excluding hydrogens is 1890 g/mol. The number of piperidine rings is 2. The second-order valence-electron chi connectivity index (χ2n) is 40.6. The number of thiazole rings is 2. The van der Waals surface area contributed by atoms with E-state index >= 15 is 0 Å². The van der Waals surface area contributed by atoms with Crippen molar-refractivity contribution < 1.29 is 101 Å². The summed E-state index contributed by atoms with van der Waals surface area (Å²) in [5.74, 6) is -8.77. The lowest BCUT2D eigenvalue weighted by molar-refractivity contribution is -0.150. The van der Waals surface area contributed by atoms with E-state index < -0.39 is 102 Å². The van der Waals surface area contributed by atoms with Gasteiger partial charge >= 0.3 is 23.9 Å². The number of nitrogens with zero attached hydrogens (tertiary/aromatic N) is 8. The molecule has 9 amide bonds. The maximum Gasteiger partial charge on any atom is 0.306 e. The van der Waals surface area contributed by atoms with Gasteiger partial charge in [0.25, 0.3) is 29.5 Å². The van der Waals surface area contributed by atoms with Gasteiger partial charge in [-0.25, -0.2) is 9.97 Å². The third-order valence-corrected chi connectivity index (χ3v) is 30.3. The number of benzene rings is 2. The number of carbonyl (C=O) groups excluding carboxylic acids is 15. The average molecular weight is 2050 g/mol. The van der Waals surface area contributed by atoms with E-state index in [9.17, 15) is 91.7 Å². The Bertz CT molecular complexity index is 5070. The van der Waals surface area contributed by atoms with Gasteiger partial charge in [0.1, 0.15) is 21.4 Å². The molecule has 4 aliphatic heterocycles. The number of likely N-dealkylation sites (N-methyl/N-ethyl adjacent to an activating group) is 2. The van der Waals surface area contributed by atoms with Crippen molar-refractivity contribution >= 4 is 123 Å². The van der Waals surface area contributed by atoms with Crippen LogP contribution in [0.15, 0.2) is 95.9 Å². The summed E-state index contributed by atoms with van der Waals surface area (Å²) in [6.07, 6.45) is 18.6. The minimum atomic E-state index is -1.02. The number of allylic oxidation sites excluding steroid dienone is 1. The molecule has 8 N–H and O–H groups in total. The van der Waals surface area contributed by atoms with Crippen molar-refractivity contribution in [2.75, 3.05) is 67.5 Å². The normalized spacial score (nSPS) is 17.6. The van der Waals surface area contributed by atoms with Crippen molar-refractivity contribution in [2.24, 2.45) is 53.1 Å². The Morgan fingerprint density at radius 2 is 0.924 bits per heavy atom. The van der Waals surface area contributed by atoms with Gasteiger partial charge in [-0.05, 0) is 182 Å². The molecule has 2 unspecified atom stereocenters. The van der Waals surface area contributed by atoms with Crippen molar-refractivity contribution in [1.82, 2.24) is 60.6 Å². The van der Waals surface area contributed by atoms with E-state index in [0.29, 0.717) is 79.3 Å². The molecule has 2 aromatic heterocycles. The number of carbonyl (C=O) groups is 17. The van der Waals surface area contributed by atoms with Crippen molar-refractivity contribution in [2.45, 2.75) is 324 Å². The Kier molecular flexibility index (Phi) is 50.6. The molecule has 34 nitrogen and oxygen atoms in total. The van der Waals surface area contributed by atoms with Gasteiger partial charge in [0.05, 0.1) is 36.5 Å². The predicted octanol–water partition coefficient (Wildman–Crippen LogP) is 13.3. The van der Waals surface area contributed by atoms with Gasteiger partial charge in [0, 0.05) is 163 Å². The van der Waals surface area contributed by atoms with Gasteiger partial charge in [-0.15, -0.1) is 22.7 Å². The van der Waals surface area contributed by atoms with E-state index in [0.717, 1.165) is 117 Å². The van der Waals surface area contributed by atoms with Gasteiger partial charge in [-0.1, -0.05) is 163 Å². The van der Waals surface area contributed by atoms with Gasteiger partial charge < -0.3 is 61.4 Å². The highest BCUT2D eigenvalue weighted by atomic mass is 32.1. The molecule has 4 aromatic rings. The third kappa shape index (κ3) is 39.2. The summed E-state index contributed by atoms with van der Waals surface area (Å²) in [5, 5.41) is 35.0. The molecule has 8 rings (SSSR count). The van der Waals surface area contributed by atoms with E-state index in [1.165, 1.54) is 37.0 Å². The molecular formula is C109H159N13O21S2. The Morgan fingerprint density at radius 3 is 1.32 bits per heavy atom. The monoisotopic (exact) mass is 2050 g/mol. The van der Waals surface area contributed by atoms with E-state index in [1.54, 1.807) is 83.7 Å². The van der Waals surface area contributed by atoms with Crippen LogP contribution in [0.5, 0.6) is 0 Å². The van der Waals surface area contributed by atoms with Crippen LogP contribution in [0.4, 0.5) is 0 Å². The van der Waals surface area contributed by atoms with Gasteiger partial charge in [0.15, 0.2) is 35.3 Å². The number of esters is 2. The number of imide groups is 1. The number of nitrogens with two attached hydrogens (primary N) is 1. The van der Waals surface area contributed by atoms with Crippen molar-refractivity contribution in [3.63, 3.8) is 0 Å². The molecule has 0 bridgehead atoms. The summed E-state index contributed by atoms with van der Waals surface area (Å²) >= 11 is 2.29. The summed E-state index contributed by atoms with van der Waals surface area (Å²) in [4.78, 5) is 240. The fraction of sp³-hybridized carbons (Fsp3) is 0.624. The van der Waals surface area contributed by atoms with Crippen LogP contribution >= 0.6 is 22.7 Å². The highest BCUT2D eigenvalue weighted by Gasteiger charge is 2.42. The molecule has 4 aliphatic rings. The van der Waals surface area contributed by atoms with Crippen molar-refractivity contribution in [3.05, 3.63) is 140 Å². The Morgan fingerprint density at radius 1 is 0.517 bits per heavy atom. The van der Waals surface area contributed by atoms with Crippen LogP contribution in [0, 0.1) is 47.3 Å². The van der Waals surface area contributed by atoms with Crippen LogP contribution in [-0.2, 0) is 107 Å². The Hall–Kier alpha value is -11.2. The van der Waals surface area contributed by atoms with E-state index in [2.05, 4.69) is 47.6 Å². The average Bonchev–Trinajstić information content (AvgIpc) is 1.76. The number of amides is 9. The molecule has 36 heteroatoms. The fourth-order valence-corrected chi connectivity index (χ4v) is 20.9. The zero-order valence-corrected chi connectivity index (χ0v) is 89.6. The first-order chi connectivity index (χ1) is 68.8. The maximum atomic E-state index is 14.4. The van der Waals surface area contributed by atoms with Crippen LogP contribution in [-0.4, -0.2) is 260 Å². The smallest absolute Gasteiger partial charge is 0.306 e. The molecule has 6 heterocycles. The molecule has 798 valence electrons. The van der Waals surface area contributed by atoms with Gasteiger partial charge in [-0.2, -0.15) is 0 Å². The second-order valence-corrected chi connectivity index (χ2v) is 42.4. The molecule has 2 saturated heterocycles. The first-order valence-corrected chi connectivity index (χ1v) is 53.6. The Labute approximate surface area is 863 Å². The lowest BCUT2D eigenvalue weighted by Crippen LogP contribution is -2.48. The van der Waals surface area contributed by atoms with E-state index in [4.69, 9.17) is 15.2 Å². The number of aliphatic carboxylic acids is 2. The Balaban J connectivity index is 0.000000394. The number of likely N-dealkylation sites (tertiary alicyclic amines) is 2. The van der Waals surface area contributed by atoms with Crippen molar-refractivity contribution in [1.29, 1.82) is 0 Å². The third-order valence-electron chi connectivity index (χ3n) is 28.5. The van der Waals surface area contributed by atoms with E-state index in [-0.39, 0.29) is 202 Å². The first kappa shape index (κ1) is 121. The number of carboxylic acids is 2. The number of unbranched alkanes of at least 4 members (excludes halogenated alkanes) is 5. The summed E-state index contributed by atoms with van der Waals surface area (Å²) < 4.78 is 11.7. The number of nitrogens with one attached hydrogen (secondary N) is 4. The molecule has 2 fully saturated rings. The molecule has 0 aliphatic carbocycles. The highest BCUT2D eigenvalue weighted by molar-refractivity contribution is 7.10. The lowest BCUT2D eigenvalue weighted by atomic mass is 9.83. The van der Waals surface area contributed by atoms with Crippen LogP contribution in [0.25, 0.3) is 0 Å². The molecule has 2 aromatic carbocycles. The maximum absolute atomic E-state index is 14.4. The van der Waals surface area contributed by atoms with Crippen molar-refractivity contribution in [3.8, 4) is 0 Å². The quantitative estimate of drug-likeness (QED) is 0.0123. The molecule has 15 atom stereocenters. The minimum Gasteiger partial charge on any atom is -0.481 e. The molecule has 0 spiro atoms. The number of aromatic nitrogens is 2. The highest BCUT2D eigenvalue weighted by Crippen LogP contribution is 2.37. The number of rotatable bonds is 62. The van der Waals surface area contributed by atoms with Crippen LogP contribution in [0.2, 0.25) is 0 Å². The SMILES string of the molecule is C=C1C=CC(=O)N1CCCCCC(=O)NCC(=O)Cc1ccc(C[C@@H](CC(C)C(=O)O)NC(=O)c2csc([C@@H](C[C@H](C(C)C)N(C)C(=O)[C@@H](CC(=O)[C@H]3CCCCN3C)[C@@H](C)CC)OC(C)=O)n2)cc1.CC[C@H](C)[C@H](CC(=O)[C@H]1CCCCN1C)C(=O)N(C)[C@H](C[C@@H](OC(C)=O)c1nc(C(=O)N[C@@H](Cc2ccc(CC(=O)[C@H](CCCCN)NC(=O)CCCCCN3C(=O)C=CC3=O)cc2)CC(C)C(=O)O)cs1)C(C)C. The topological polar surface area (TPSA) is 468 Å². The second kappa shape index (κ2) is 60.8. The summed E-state index contributed by atoms with van der Waals surface area (Å²) in [6, 6.07) is 11.3. The predicted molar refractivity (Wildman–Crippen MR) is 555 cm³/mol. The van der Waals surface area contributed by atoms with Crippen LogP contribution < -0.4 is 27.0 Å². The number of ketones is 4. The summed E-state index contributed by atoms with van der Waals surface area (Å²) in [7, 11) is 7.41. The summed E-state index contributed by atoms with van der Waals surface area (Å²) in [5.41, 5.74) is 9.54. The van der Waals surface area contributed by atoms with Gasteiger partial charge in [-0.3, -0.25) is 96.2 Å². The van der Waals surface area contributed by atoms with E-state index in [1.807, 2.05) is 93.8 Å². The summed E-state index contributed by atoms with van der Waals surface area (Å²) in [6.45, 7) is 28.4. The van der Waals surface area contributed by atoms with Crippen LogP contribution in [0.3, 0.4) is 0 Å². The number of Topliss-reactive ketones (excluding diaryl/α,β-unsaturated/α-hetero) is 4. The zero-order valence-electron chi connectivity index (χ0n) is 88.0. The largest absolute Gasteiger partial charge is 0.481 e. The first-order valence-electron chi connectivity index (χ1n) is 51.8.